The zero-order chi connectivity index (χ0) is 12.5. The molecule has 2 nitrogen and oxygen atoms in total. The van der Waals surface area contributed by atoms with Gasteiger partial charge in [-0.15, -0.1) is 0 Å². The molecule has 17 heavy (non-hydrogen) atoms. The summed E-state index contributed by atoms with van der Waals surface area (Å²) in [4.78, 5) is 4.43. The Balaban J connectivity index is 2.09. The summed E-state index contributed by atoms with van der Waals surface area (Å²) in [7, 11) is 0. The van der Waals surface area contributed by atoms with Crippen LogP contribution in [0.1, 0.15) is 13.8 Å². The highest BCUT2D eigenvalue weighted by molar-refractivity contribution is 9.10. The van der Waals surface area contributed by atoms with Gasteiger partial charge in [-0.2, -0.15) is 0 Å². The van der Waals surface area contributed by atoms with Gasteiger partial charge in [0.15, 0.2) is 5.17 Å². The van der Waals surface area contributed by atoms with E-state index in [0.717, 1.165) is 21.9 Å². The van der Waals surface area contributed by atoms with Gasteiger partial charge >= 0.3 is 0 Å². The highest BCUT2D eigenvalue weighted by atomic mass is 79.9. The quantitative estimate of drug-likeness (QED) is 0.842. The number of nitrogens with one attached hydrogen (secondary N) is 1. The Morgan fingerprint density at radius 1 is 1.47 bits per heavy atom. The summed E-state index contributed by atoms with van der Waals surface area (Å²) >= 11 is 4.87. The number of benzene rings is 1. The van der Waals surface area contributed by atoms with Gasteiger partial charge in [-0.05, 0) is 23.6 Å². The second kappa shape index (κ2) is 4.98. The summed E-state index contributed by atoms with van der Waals surface area (Å²) in [6.07, 6.45) is 0. The van der Waals surface area contributed by atoms with Crippen LogP contribution in [0, 0.1) is 11.2 Å². The van der Waals surface area contributed by atoms with Crippen molar-refractivity contribution in [2.45, 2.75) is 13.8 Å². The molecule has 1 heterocycles. The van der Waals surface area contributed by atoms with Gasteiger partial charge in [0.2, 0.25) is 0 Å². The first kappa shape index (κ1) is 12.9. The van der Waals surface area contributed by atoms with Crippen molar-refractivity contribution in [2.24, 2.45) is 10.4 Å². The number of thioether (sulfide) groups is 1. The summed E-state index contributed by atoms with van der Waals surface area (Å²) < 4.78 is 14.3. The second-order valence-electron chi connectivity index (χ2n) is 4.82. The molecule has 2 rings (SSSR count). The smallest absolute Gasteiger partial charge is 0.161 e. The van der Waals surface area contributed by atoms with E-state index in [0.29, 0.717) is 5.69 Å². The molecular weight excluding hydrogens is 303 g/mol. The zero-order valence-corrected chi connectivity index (χ0v) is 12.2. The van der Waals surface area contributed by atoms with Gasteiger partial charge in [-0.25, -0.2) is 4.39 Å². The second-order valence-corrected chi connectivity index (χ2v) is 6.70. The van der Waals surface area contributed by atoms with Crippen LogP contribution in [0.4, 0.5) is 10.1 Å². The van der Waals surface area contributed by atoms with Gasteiger partial charge in [0.25, 0.3) is 0 Å². The third-order valence-electron chi connectivity index (χ3n) is 2.42. The lowest BCUT2D eigenvalue weighted by atomic mass is 9.97. The molecule has 1 N–H and O–H groups in total. The van der Waals surface area contributed by atoms with Crippen LogP contribution >= 0.6 is 27.7 Å². The van der Waals surface area contributed by atoms with Crippen molar-refractivity contribution in [3.05, 3.63) is 28.5 Å². The Hall–Kier alpha value is -0.550. The van der Waals surface area contributed by atoms with Crippen LogP contribution < -0.4 is 5.32 Å². The first-order valence-corrected chi connectivity index (χ1v) is 7.13. The molecule has 1 aromatic carbocycles. The predicted octanol–water partition coefficient (Wildman–Crippen LogP) is 4.13. The summed E-state index contributed by atoms with van der Waals surface area (Å²) in [6.45, 7) is 5.14. The van der Waals surface area contributed by atoms with E-state index in [1.54, 1.807) is 17.8 Å². The minimum atomic E-state index is -0.271. The fraction of sp³-hybridized carbons (Fsp3) is 0.417. The Morgan fingerprint density at radius 2 is 2.24 bits per heavy atom. The van der Waals surface area contributed by atoms with Crippen molar-refractivity contribution in [2.75, 3.05) is 17.6 Å². The molecule has 1 aliphatic heterocycles. The molecule has 0 spiro atoms. The standard InChI is InChI=1S/C12H14BrFN2S/c1-12(2)6-15-11(17-7-12)16-10-4-3-8(13)5-9(10)14/h3-5H,6-7H2,1-2H3,(H,15,16). The van der Waals surface area contributed by atoms with E-state index < -0.39 is 0 Å². The van der Waals surface area contributed by atoms with Crippen LogP contribution in [0.15, 0.2) is 27.7 Å². The van der Waals surface area contributed by atoms with Crippen LogP contribution in [-0.2, 0) is 0 Å². The van der Waals surface area contributed by atoms with Gasteiger partial charge < -0.3 is 5.32 Å². The lowest BCUT2D eigenvalue weighted by Gasteiger charge is -2.27. The number of hydrogen-bond donors (Lipinski definition) is 1. The summed E-state index contributed by atoms with van der Waals surface area (Å²) in [5.74, 6) is 0.726. The third kappa shape index (κ3) is 3.45. The van der Waals surface area contributed by atoms with Gasteiger partial charge in [-0.3, -0.25) is 4.99 Å². The van der Waals surface area contributed by atoms with Crippen LogP contribution in [0.2, 0.25) is 0 Å². The molecule has 0 atom stereocenters. The van der Waals surface area contributed by atoms with Crippen LogP contribution in [0.25, 0.3) is 0 Å². The van der Waals surface area contributed by atoms with E-state index in [-0.39, 0.29) is 11.2 Å². The molecular formula is C12H14BrFN2S. The van der Waals surface area contributed by atoms with Gasteiger partial charge in [0.1, 0.15) is 5.82 Å². The largest absolute Gasteiger partial charge is 0.333 e. The Bertz CT molecular complexity index is 460. The normalized spacial score (nSPS) is 18.7. The van der Waals surface area contributed by atoms with Crippen LogP contribution in [-0.4, -0.2) is 17.5 Å². The number of aliphatic imine (C=N–C) groups is 1. The lowest BCUT2D eigenvalue weighted by molar-refractivity contribution is 0.438. The maximum atomic E-state index is 13.6. The van der Waals surface area contributed by atoms with Gasteiger partial charge in [0, 0.05) is 16.8 Å². The summed E-state index contributed by atoms with van der Waals surface area (Å²) in [6, 6.07) is 4.96. The van der Waals surface area contributed by atoms with Crippen molar-refractivity contribution in [1.29, 1.82) is 0 Å². The molecule has 1 aromatic rings. The van der Waals surface area contributed by atoms with Crippen molar-refractivity contribution in [3.8, 4) is 0 Å². The number of rotatable bonds is 1. The van der Waals surface area contributed by atoms with E-state index >= 15 is 0 Å². The number of anilines is 1. The van der Waals surface area contributed by atoms with Gasteiger partial charge in [-0.1, -0.05) is 41.5 Å². The Morgan fingerprint density at radius 3 is 2.82 bits per heavy atom. The molecule has 0 saturated carbocycles. The molecule has 1 aliphatic rings. The van der Waals surface area contributed by atoms with E-state index in [4.69, 9.17) is 0 Å². The number of halogens is 2. The molecule has 0 fully saturated rings. The SMILES string of the molecule is CC1(C)CN=C(Nc2ccc(Br)cc2F)SC1. The third-order valence-corrected chi connectivity index (χ3v) is 4.35. The highest BCUT2D eigenvalue weighted by Gasteiger charge is 2.23. The molecule has 92 valence electrons. The highest BCUT2D eigenvalue weighted by Crippen LogP contribution is 2.29. The Kier molecular flexibility index (Phi) is 3.78. The molecule has 0 aromatic heterocycles. The number of nitrogens with zero attached hydrogens (tertiary/aromatic N) is 1. The first-order chi connectivity index (χ1) is 7.96. The molecule has 0 unspecified atom stereocenters. The monoisotopic (exact) mass is 316 g/mol. The van der Waals surface area contributed by atoms with E-state index in [1.807, 2.05) is 6.07 Å². The minimum absolute atomic E-state index is 0.230. The topological polar surface area (TPSA) is 24.4 Å². The molecule has 0 bridgehead atoms. The van der Waals surface area contributed by atoms with Gasteiger partial charge in [0.05, 0.1) is 5.69 Å². The maximum absolute atomic E-state index is 13.6. The summed E-state index contributed by atoms with van der Waals surface area (Å²) in [5.41, 5.74) is 0.702. The fourth-order valence-electron chi connectivity index (χ4n) is 1.42. The van der Waals surface area contributed by atoms with Crippen molar-refractivity contribution in [3.63, 3.8) is 0 Å². The predicted molar refractivity (Wildman–Crippen MR) is 76.3 cm³/mol. The zero-order valence-electron chi connectivity index (χ0n) is 9.76. The Labute approximate surface area is 113 Å². The van der Waals surface area contributed by atoms with E-state index in [9.17, 15) is 4.39 Å². The number of amidine groups is 1. The van der Waals surface area contributed by atoms with Crippen molar-refractivity contribution in [1.82, 2.24) is 0 Å². The maximum Gasteiger partial charge on any atom is 0.161 e. The fourth-order valence-corrected chi connectivity index (χ4v) is 2.71. The molecule has 0 amide bonds. The first-order valence-electron chi connectivity index (χ1n) is 5.36. The average molecular weight is 317 g/mol. The van der Waals surface area contributed by atoms with Crippen LogP contribution in [0.3, 0.4) is 0 Å². The molecule has 0 radical (unpaired) electrons. The van der Waals surface area contributed by atoms with Crippen molar-refractivity contribution < 1.29 is 4.39 Å². The summed E-state index contributed by atoms with van der Waals surface area (Å²) in [5, 5.41) is 3.83. The number of hydrogen-bond acceptors (Lipinski definition) is 3. The lowest BCUT2D eigenvalue weighted by Crippen LogP contribution is -2.27. The van der Waals surface area contributed by atoms with E-state index in [1.165, 1.54) is 6.07 Å². The average Bonchev–Trinajstić information content (AvgIpc) is 2.25. The van der Waals surface area contributed by atoms with Crippen LogP contribution in [0.5, 0.6) is 0 Å². The minimum Gasteiger partial charge on any atom is -0.333 e. The van der Waals surface area contributed by atoms with Crippen molar-refractivity contribution >= 4 is 38.5 Å². The van der Waals surface area contributed by atoms with E-state index in [2.05, 4.69) is 40.1 Å². The molecule has 0 saturated heterocycles. The molecule has 0 aliphatic carbocycles. The molecule has 5 heteroatoms.